The summed E-state index contributed by atoms with van der Waals surface area (Å²) in [6.45, 7) is 1.81. The molecule has 1 unspecified atom stereocenters. The number of carbonyl (C=O) groups excluding carboxylic acids is 2. The van der Waals surface area contributed by atoms with Crippen LogP contribution in [-0.4, -0.2) is 25.7 Å². The summed E-state index contributed by atoms with van der Waals surface area (Å²) in [6.07, 6.45) is 2.17. The molecule has 0 saturated carbocycles. The van der Waals surface area contributed by atoms with Crippen molar-refractivity contribution in [3.63, 3.8) is 0 Å². The lowest BCUT2D eigenvalue weighted by Gasteiger charge is -2.11. The van der Waals surface area contributed by atoms with Gasteiger partial charge in [-0.1, -0.05) is 13.3 Å². The molecule has 1 atom stereocenters. The first-order chi connectivity index (χ1) is 9.58. The van der Waals surface area contributed by atoms with Crippen LogP contribution in [0.1, 0.15) is 39.0 Å². The van der Waals surface area contributed by atoms with E-state index in [1.54, 1.807) is 0 Å². The summed E-state index contributed by atoms with van der Waals surface area (Å²) in [6, 6.07) is 0. The topological polar surface area (TPSA) is 141 Å². The van der Waals surface area contributed by atoms with Crippen molar-refractivity contribution in [2.45, 2.75) is 39.0 Å². The second kappa shape index (κ2) is 9.56. The van der Waals surface area contributed by atoms with Crippen LogP contribution in [0.3, 0.4) is 0 Å². The van der Waals surface area contributed by atoms with Crippen LogP contribution in [-0.2, 0) is 33.1 Å². The molecule has 0 saturated heterocycles. The van der Waals surface area contributed by atoms with Gasteiger partial charge in [-0.05, 0) is 19.3 Å². The molecule has 8 nitrogen and oxygen atoms in total. The van der Waals surface area contributed by atoms with Crippen LogP contribution in [0.5, 0.6) is 0 Å². The zero-order valence-electron chi connectivity index (χ0n) is 11.7. The Bertz CT molecular complexity index is 559. The number of carbonyl (C=O) groups is 2. The largest absolute Gasteiger partial charge is 0.381 e. The molecule has 0 aromatic carbocycles. The van der Waals surface area contributed by atoms with Gasteiger partial charge < -0.3 is 8.37 Å². The average Bonchev–Trinajstić information content (AvgIpc) is 2.25. The summed E-state index contributed by atoms with van der Waals surface area (Å²) < 4.78 is 42.4. The molecule has 0 radical (unpaired) electrons. The molecule has 0 aliphatic carbocycles. The van der Waals surface area contributed by atoms with Gasteiger partial charge in [-0.3, -0.25) is 4.79 Å². The van der Waals surface area contributed by atoms with Gasteiger partial charge in [0, 0.05) is 12.2 Å². The number of unbranched alkanes of at least 4 members (excludes halogenated alkanes) is 2. The first-order valence-electron chi connectivity index (χ1n) is 6.26. The van der Waals surface area contributed by atoms with Gasteiger partial charge in [-0.25, -0.2) is 23.3 Å². The second-order valence-electron chi connectivity index (χ2n) is 4.29. The summed E-state index contributed by atoms with van der Waals surface area (Å²) >= 11 is 1.31. The van der Waals surface area contributed by atoms with Crippen LogP contribution in [0.4, 0.5) is 4.79 Å². The smallest absolute Gasteiger partial charge is 0.376 e. The fourth-order valence-electron chi connectivity index (χ4n) is 1.37. The standard InChI is InChI=1S/C10H20IN3O5S2/c1-2-6-9(15)18-20(12,13)7-4-3-5-8-21(14,17)19-10(11)16/h12-14H,2-8H2,1H3. The van der Waals surface area contributed by atoms with E-state index in [0.717, 1.165) is 0 Å². The Hall–Kier alpha value is -0.430. The van der Waals surface area contributed by atoms with E-state index >= 15 is 0 Å². The molecule has 124 valence electrons. The highest BCUT2D eigenvalue weighted by atomic mass is 127. The van der Waals surface area contributed by atoms with Gasteiger partial charge in [0.1, 0.15) is 0 Å². The van der Waals surface area contributed by atoms with Crippen LogP contribution in [0.25, 0.3) is 0 Å². The molecule has 0 aromatic heterocycles. The molecule has 0 fully saturated rings. The van der Waals surface area contributed by atoms with E-state index in [9.17, 15) is 13.8 Å². The number of hydrogen-bond donors (Lipinski definition) is 3. The minimum absolute atomic E-state index is 0.0737. The summed E-state index contributed by atoms with van der Waals surface area (Å²) in [7, 11) is -6.24. The summed E-state index contributed by atoms with van der Waals surface area (Å²) in [5.41, 5.74) is 0. The van der Waals surface area contributed by atoms with Crippen molar-refractivity contribution in [3.05, 3.63) is 0 Å². The average molecular weight is 453 g/mol. The fourth-order valence-corrected chi connectivity index (χ4v) is 4.21. The van der Waals surface area contributed by atoms with Gasteiger partial charge in [0.05, 0.1) is 38.2 Å². The Labute approximate surface area is 139 Å². The molecule has 0 amide bonds. The Morgan fingerprint density at radius 2 is 1.62 bits per heavy atom. The van der Waals surface area contributed by atoms with Gasteiger partial charge in [0.25, 0.3) is 0 Å². The first kappa shape index (κ1) is 20.6. The lowest BCUT2D eigenvalue weighted by molar-refractivity contribution is -0.133. The van der Waals surface area contributed by atoms with Crippen molar-refractivity contribution in [1.82, 2.24) is 0 Å². The van der Waals surface area contributed by atoms with Crippen LogP contribution >= 0.6 is 22.6 Å². The van der Waals surface area contributed by atoms with E-state index in [1.165, 1.54) is 22.6 Å². The maximum atomic E-state index is 11.5. The van der Waals surface area contributed by atoms with Crippen LogP contribution in [0, 0.1) is 14.3 Å². The molecule has 0 spiro atoms. The SMILES string of the molecule is CCCC(=O)OS(=N)(=N)CCCCCS(=N)(=O)OC(=O)I. The molecular weight excluding hydrogens is 433 g/mol. The predicted octanol–water partition coefficient (Wildman–Crippen LogP) is 3.63. The minimum Gasteiger partial charge on any atom is -0.376 e. The quantitative estimate of drug-likeness (QED) is 0.263. The highest BCUT2D eigenvalue weighted by Gasteiger charge is 2.12. The van der Waals surface area contributed by atoms with E-state index in [4.69, 9.17) is 18.5 Å². The maximum Gasteiger partial charge on any atom is 0.381 e. The lowest BCUT2D eigenvalue weighted by atomic mass is 10.3. The fraction of sp³-hybridized carbons (Fsp3) is 0.800. The van der Waals surface area contributed by atoms with Crippen LogP contribution in [0.2, 0.25) is 0 Å². The Morgan fingerprint density at radius 3 is 2.14 bits per heavy atom. The van der Waals surface area contributed by atoms with E-state index < -0.39 is 29.9 Å². The zero-order chi connectivity index (χ0) is 16.5. The Balaban J connectivity index is 4.00. The van der Waals surface area contributed by atoms with Crippen LogP contribution < -0.4 is 0 Å². The van der Waals surface area contributed by atoms with Crippen molar-refractivity contribution in [1.29, 1.82) is 14.3 Å². The summed E-state index contributed by atoms with van der Waals surface area (Å²) in [5, 5.41) is 0. The van der Waals surface area contributed by atoms with E-state index in [0.29, 0.717) is 25.7 Å². The second-order valence-corrected chi connectivity index (χ2v) is 8.90. The van der Waals surface area contributed by atoms with Crippen molar-refractivity contribution in [3.8, 4) is 0 Å². The third-order valence-electron chi connectivity index (χ3n) is 2.23. The van der Waals surface area contributed by atoms with Gasteiger partial charge in [-0.2, -0.15) is 0 Å². The van der Waals surface area contributed by atoms with E-state index in [1.807, 2.05) is 6.92 Å². The number of nitrogens with one attached hydrogen (secondary N) is 3. The number of halogens is 1. The van der Waals surface area contributed by atoms with Gasteiger partial charge >= 0.3 is 9.95 Å². The molecule has 0 aliphatic rings. The molecule has 3 N–H and O–H groups in total. The normalized spacial score (nSPS) is 14.2. The van der Waals surface area contributed by atoms with Gasteiger partial charge in [-0.15, -0.1) is 0 Å². The molecule has 11 heteroatoms. The van der Waals surface area contributed by atoms with Crippen LogP contribution in [0.15, 0.2) is 0 Å². The third kappa shape index (κ3) is 11.9. The lowest BCUT2D eigenvalue weighted by Crippen LogP contribution is -2.14. The highest BCUT2D eigenvalue weighted by Crippen LogP contribution is 2.09. The summed E-state index contributed by atoms with van der Waals surface area (Å²) in [4.78, 5) is 21.8. The first-order valence-corrected chi connectivity index (χ1v) is 10.7. The Morgan fingerprint density at radius 1 is 1.05 bits per heavy atom. The van der Waals surface area contributed by atoms with Crippen molar-refractivity contribution < 1.29 is 22.2 Å². The molecule has 0 bridgehead atoms. The predicted molar refractivity (Wildman–Crippen MR) is 88.8 cm³/mol. The van der Waals surface area contributed by atoms with E-state index in [-0.39, 0.29) is 17.9 Å². The van der Waals surface area contributed by atoms with Gasteiger partial charge in [0.15, 0.2) is 0 Å². The molecule has 21 heavy (non-hydrogen) atoms. The minimum atomic E-state index is -3.35. The highest BCUT2D eigenvalue weighted by molar-refractivity contribution is 14.1. The Kier molecular flexibility index (Phi) is 9.36. The van der Waals surface area contributed by atoms with Gasteiger partial charge in [0.2, 0.25) is 10.0 Å². The van der Waals surface area contributed by atoms with Crippen molar-refractivity contribution >= 4 is 52.4 Å². The zero-order valence-corrected chi connectivity index (χ0v) is 15.5. The molecule has 0 rings (SSSR count). The molecule has 0 aromatic rings. The number of hydrogen-bond acceptors (Lipinski definition) is 8. The van der Waals surface area contributed by atoms with E-state index in [2.05, 4.69) is 4.18 Å². The monoisotopic (exact) mass is 453 g/mol. The van der Waals surface area contributed by atoms with Crippen molar-refractivity contribution in [2.24, 2.45) is 0 Å². The third-order valence-corrected chi connectivity index (χ3v) is 5.33. The molecule has 0 heterocycles. The van der Waals surface area contributed by atoms with Crippen molar-refractivity contribution in [2.75, 3.05) is 11.5 Å². The number of rotatable bonds is 10. The molecular formula is C10H20IN3O5S2. The summed E-state index contributed by atoms with van der Waals surface area (Å²) in [5.74, 6) is -0.482. The molecule has 0 aliphatic heterocycles. The maximum absolute atomic E-state index is 11.5.